The SMILES string of the molecule is CCc1cncn1-c1cc(-c2cc(-c3ccccn3)nc(-c3ccccn3)c2)nc(-n2cncc2CC)c1. The number of aromatic nitrogens is 8. The van der Waals surface area contributed by atoms with Gasteiger partial charge in [0, 0.05) is 47.8 Å². The van der Waals surface area contributed by atoms with Gasteiger partial charge in [0.05, 0.1) is 40.5 Å². The van der Waals surface area contributed by atoms with Crippen LogP contribution in [-0.2, 0) is 12.8 Å². The first kappa shape index (κ1) is 23.4. The Morgan fingerprint density at radius 1 is 0.605 bits per heavy atom. The molecule has 0 unspecified atom stereocenters. The van der Waals surface area contributed by atoms with Crippen LogP contribution in [0, 0.1) is 0 Å². The van der Waals surface area contributed by atoms with Gasteiger partial charge in [-0.2, -0.15) is 0 Å². The predicted molar refractivity (Wildman–Crippen MR) is 147 cm³/mol. The van der Waals surface area contributed by atoms with Crippen LogP contribution < -0.4 is 0 Å². The fourth-order valence-electron chi connectivity index (χ4n) is 4.49. The first-order chi connectivity index (χ1) is 18.7. The molecule has 0 aromatic carbocycles. The standard InChI is InChI=1S/C30H26N8/c1-3-22-17-31-19-37(22)24-15-27(36-30(16-24)38-20-32-18-23(38)4-2)21-13-28(25-9-5-7-11-33-25)35-29(14-21)26-10-6-8-12-34-26/h5-20H,3-4H2,1-2H3. The molecular formula is C30H26N8. The molecule has 38 heavy (non-hydrogen) atoms. The number of hydrogen-bond acceptors (Lipinski definition) is 6. The molecule has 8 nitrogen and oxygen atoms in total. The van der Waals surface area contributed by atoms with Crippen LogP contribution in [0.1, 0.15) is 25.2 Å². The molecule has 0 saturated heterocycles. The Bertz CT molecular complexity index is 1570. The molecule has 0 amide bonds. The van der Waals surface area contributed by atoms with Crippen LogP contribution in [0.4, 0.5) is 0 Å². The Balaban J connectivity index is 1.59. The molecule has 0 aliphatic carbocycles. The fourth-order valence-corrected chi connectivity index (χ4v) is 4.49. The highest BCUT2D eigenvalue weighted by molar-refractivity contribution is 5.74. The van der Waals surface area contributed by atoms with Crippen LogP contribution in [0.2, 0.25) is 0 Å². The number of hydrogen-bond donors (Lipinski definition) is 0. The molecular weight excluding hydrogens is 472 g/mol. The van der Waals surface area contributed by atoms with E-state index >= 15 is 0 Å². The normalized spacial score (nSPS) is 11.1. The molecule has 6 aromatic rings. The molecule has 0 aliphatic rings. The van der Waals surface area contributed by atoms with Gasteiger partial charge in [-0.3, -0.25) is 14.5 Å². The number of nitrogens with zero attached hydrogens (tertiary/aromatic N) is 8. The molecule has 0 spiro atoms. The van der Waals surface area contributed by atoms with Gasteiger partial charge >= 0.3 is 0 Å². The van der Waals surface area contributed by atoms with E-state index in [9.17, 15) is 0 Å². The summed E-state index contributed by atoms with van der Waals surface area (Å²) in [4.78, 5) is 27.9. The minimum Gasteiger partial charge on any atom is -0.303 e. The highest BCUT2D eigenvalue weighted by Crippen LogP contribution is 2.30. The number of pyridine rings is 4. The van der Waals surface area contributed by atoms with E-state index in [1.807, 2.05) is 78.1 Å². The molecule has 0 radical (unpaired) electrons. The highest BCUT2D eigenvalue weighted by atomic mass is 15.1. The van der Waals surface area contributed by atoms with Gasteiger partial charge in [0.25, 0.3) is 0 Å². The third kappa shape index (κ3) is 4.48. The summed E-state index contributed by atoms with van der Waals surface area (Å²) in [5, 5.41) is 0. The zero-order valence-electron chi connectivity index (χ0n) is 21.2. The average Bonchev–Trinajstić information content (AvgIpc) is 3.67. The van der Waals surface area contributed by atoms with Gasteiger partial charge in [-0.05, 0) is 55.3 Å². The van der Waals surface area contributed by atoms with Crippen LogP contribution >= 0.6 is 0 Å². The van der Waals surface area contributed by atoms with Crippen molar-refractivity contribution in [1.29, 1.82) is 0 Å². The van der Waals surface area contributed by atoms with Gasteiger partial charge in [-0.25, -0.2) is 19.9 Å². The van der Waals surface area contributed by atoms with Crippen molar-refractivity contribution in [2.24, 2.45) is 0 Å². The lowest BCUT2D eigenvalue weighted by Crippen LogP contribution is -2.06. The maximum absolute atomic E-state index is 5.11. The minimum absolute atomic E-state index is 0.756. The van der Waals surface area contributed by atoms with Gasteiger partial charge in [-0.1, -0.05) is 26.0 Å². The second kappa shape index (κ2) is 10.2. The molecule has 0 N–H and O–H groups in total. The van der Waals surface area contributed by atoms with Crippen molar-refractivity contribution >= 4 is 0 Å². The summed E-state index contributed by atoms with van der Waals surface area (Å²) in [5.41, 5.74) is 7.99. The molecule has 6 aromatic heterocycles. The van der Waals surface area contributed by atoms with E-state index in [0.717, 1.165) is 69.8 Å². The number of aryl methyl sites for hydroxylation is 2. The first-order valence-electron chi connectivity index (χ1n) is 12.6. The van der Waals surface area contributed by atoms with Crippen LogP contribution in [-0.4, -0.2) is 39.0 Å². The third-order valence-electron chi connectivity index (χ3n) is 6.45. The smallest absolute Gasteiger partial charge is 0.140 e. The largest absolute Gasteiger partial charge is 0.303 e. The monoisotopic (exact) mass is 498 g/mol. The summed E-state index contributed by atoms with van der Waals surface area (Å²) in [5.74, 6) is 0.790. The van der Waals surface area contributed by atoms with E-state index in [1.54, 1.807) is 12.4 Å². The van der Waals surface area contributed by atoms with E-state index in [1.165, 1.54) is 0 Å². The van der Waals surface area contributed by atoms with E-state index in [2.05, 4.69) is 50.5 Å². The molecule has 186 valence electrons. The topological polar surface area (TPSA) is 87.2 Å². The summed E-state index contributed by atoms with van der Waals surface area (Å²) >= 11 is 0. The molecule has 8 heteroatoms. The summed E-state index contributed by atoms with van der Waals surface area (Å²) < 4.78 is 4.15. The molecule has 6 rings (SSSR count). The molecule has 0 atom stereocenters. The lowest BCUT2D eigenvalue weighted by Gasteiger charge is -2.15. The zero-order chi connectivity index (χ0) is 25.9. The second-order valence-electron chi connectivity index (χ2n) is 8.84. The van der Waals surface area contributed by atoms with Crippen molar-refractivity contribution in [3.63, 3.8) is 0 Å². The minimum atomic E-state index is 0.756. The first-order valence-corrected chi connectivity index (χ1v) is 12.6. The summed E-state index contributed by atoms with van der Waals surface area (Å²) in [6, 6.07) is 19.9. The van der Waals surface area contributed by atoms with E-state index < -0.39 is 0 Å². The highest BCUT2D eigenvalue weighted by Gasteiger charge is 2.15. The lowest BCUT2D eigenvalue weighted by molar-refractivity contribution is 0.887. The summed E-state index contributed by atoms with van der Waals surface area (Å²) in [7, 11) is 0. The second-order valence-corrected chi connectivity index (χ2v) is 8.84. The molecule has 0 bridgehead atoms. The van der Waals surface area contributed by atoms with Crippen molar-refractivity contribution in [3.8, 4) is 45.5 Å². The van der Waals surface area contributed by atoms with Gasteiger partial charge in [0.15, 0.2) is 0 Å². The Morgan fingerprint density at radius 3 is 1.79 bits per heavy atom. The summed E-state index contributed by atoms with van der Waals surface area (Å²) in [6.45, 7) is 4.24. The van der Waals surface area contributed by atoms with Crippen molar-refractivity contribution < 1.29 is 0 Å². The Kier molecular flexibility index (Phi) is 6.27. The van der Waals surface area contributed by atoms with E-state index in [4.69, 9.17) is 9.97 Å². The van der Waals surface area contributed by atoms with Gasteiger partial charge < -0.3 is 4.57 Å². The van der Waals surface area contributed by atoms with Crippen LogP contribution in [0.5, 0.6) is 0 Å². The van der Waals surface area contributed by atoms with Crippen LogP contribution in [0.3, 0.4) is 0 Å². The predicted octanol–water partition coefficient (Wildman–Crippen LogP) is 5.76. The van der Waals surface area contributed by atoms with E-state index in [-0.39, 0.29) is 0 Å². The van der Waals surface area contributed by atoms with Gasteiger partial charge in [-0.15, -0.1) is 0 Å². The molecule has 0 aliphatic heterocycles. The maximum Gasteiger partial charge on any atom is 0.140 e. The maximum atomic E-state index is 5.11. The quantitative estimate of drug-likeness (QED) is 0.278. The fraction of sp³-hybridized carbons (Fsp3) is 0.133. The Labute approximate surface area is 220 Å². The van der Waals surface area contributed by atoms with Gasteiger partial charge in [0.2, 0.25) is 0 Å². The van der Waals surface area contributed by atoms with Crippen LogP contribution in [0.15, 0.2) is 98.1 Å². The zero-order valence-corrected chi connectivity index (χ0v) is 21.2. The van der Waals surface area contributed by atoms with Crippen molar-refractivity contribution in [2.75, 3.05) is 0 Å². The molecule has 0 saturated carbocycles. The number of imidazole rings is 2. The van der Waals surface area contributed by atoms with Crippen molar-refractivity contribution in [2.45, 2.75) is 26.7 Å². The van der Waals surface area contributed by atoms with E-state index in [0.29, 0.717) is 0 Å². The van der Waals surface area contributed by atoms with Crippen LogP contribution in [0.25, 0.3) is 45.5 Å². The number of rotatable bonds is 7. The average molecular weight is 499 g/mol. The molecule has 6 heterocycles. The van der Waals surface area contributed by atoms with Crippen molar-refractivity contribution in [3.05, 3.63) is 109 Å². The Hall–Kier alpha value is -4.98. The summed E-state index contributed by atoms with van der Waals surface area (Å²) in [6.07, 6.45) is 12.7. The molecule has 0 fully saturated rings. The van der Waals surface area contributed by atoms with Crippen molar-refractivity contribution in [1.82, 2.24) is 39.0 Å². The van der Waals surface area contributed by atoms with Gasteiger partial charge in [0.1, 0.15) is 12.1 Å². The Morgan fingerprint density at radius 2 is 1.21 bits per heavy atom. The lowest BCUT2D eigenvalue weighted by atomic mass is 10.1. The third-order valence-corrected chi connectivity index (χ3v) is 6.45.